The quantitative estimate of drug-likeness (QED) is 0.794. The lowest BCUT2D eigenvalue weighted by atomic mass is 10.2. The lowest BCUT2D eigenvalue weighted by molar-refractivity contribution is -0.128. The summed E-state index contributed by atoms with van der Waals surface area (Å²) in [6.07, 6.45) is -0.0932. The number of hydrogen-bond acceptors (Lipinski definition) is 3. The van der Waals surface area contributed by atoms with E-state index in [1.807, 2.05) is 0 Å². The van der Waals surface area contributed by atoms with Crippen LogP contribution in [0.4, 0.5) is 0 Å². The van der Waals surface area contributed by atoms with Gasteiger partial charge >= 0.3 is 0 Å². The summed E-state index contributed by atoms with van der Waals surface area (Å²) in [5.41, 5.74) is 0.676. The maximum Gasteiger partial charge on any atom is 0.237 e. The van der Waals surface area contributed by atoms with E-state index in [9.17, 15) is 13.2 Å². The molecule has 1 aliphatic heterocycles. The summed E-state index contributed by atoms with van der Waals surface area (Å²) in [6, 6.07) is 5.11. The van der Waals surface area contributed by atoms with Gasteiger partial charge in [0.1, 0.15) is 5.25 Å². The third-order valence-corrected chi connectivity index (χ3v) is 5.70. The number of rotatable bonds is 3. The monoisotopic (exact) mass is 341 g/mol. The molecule has 1 amide bonds. The summed E-state index contributed by atoms with van der Waals surface area (Å²) in [5.74, 6) is -0.259. The second kappa shape index (κ2) is 5.48. The summed E-state index contributed by atoms with van der Waals surface area (Å²) in [4.78, 5) is 13.2. The van der Waals surface area contributed by atoms with Gasteiger partial charge in [0.2, 0.25) is 15.0 Å². The van der Waals surface area contributed by atoms with Crippen molar-refractivity contribution >= 4 is 48.8 Å². The van der Waals surface area contributed by atoms with Gasteiger partial charge in [0.05, 0.1) is 10.0 Å². The molecule has 1 saturated heterocycles. The molecule has 1 atom stereocenters. The number of amides is 1. The van der Waals surface area contributed by atoms with Gasteiger partial charge in [-0.2, -0.15) is 0 Å². The number of carbonyl (C=O) groups excluding carboxylic acids is 1. The molecule has 8 heteroatoms. The molecule has 0 aliphatic carbocycles. The summed E-state index contributed by atoms with van der Waals surface area (Å²) in [7, 11) is 1.55. The number of carbonyl (C=O) groups is 1. The van der Waals surface area contributed by atoms with Gasteiger partial charge in [-0.25, -0.2) is 8.42 Å². The van der Waals surface area contributed by atoms with E-state index in [0.717, 1.165) is 0 Å². The van der Waals surface area contributed by atoms with Crippen LogP contribution in [-0.4, -0.2) is 31.0 Å². The van der Waals surface area contributed by atoms with Crippen LogP contribution < -0.4 is 0 Å². The fourth-order valence-corrected chi connectivity index (χ4v) is 3.39. The van der Waals surface area contributed by atoms with Crippen LogP contribution >= 0.6 is 33.9 Å². The summed E-state index contributed by atoms with van der Waals surface area (Å²) < 4.78 is 22.5. The number of likely N-dealkylation sites (tertiary alicyclic amines) is 1. The van der Waals surface area contributed by atoms with Crippen molar-refractivity contribution in [2.24, 2.45) is 0 Å². The minimum absolute atomic E-state index is 0.0769. The molecule has 1 unspecified atom stereocenters. The van der Waals surface area contributed by atoms with E-state index in [2.05, 4.69) is 0 Å². The predicted octanol–water partition coefficient (Wildman–Crippen LogP) is 2.66. The average Bonchev–Trinajstić information content (AvgIpc) is 2.67. The average molecular weight is 343 g/mol. The first kappa shape index (κ1) is 14.9. The Morgan fingerprint density at radius 2 is 2.00 bits per heavy atom. The second-order valence-electron chi connectivity index (χ2n) is 4.29. The summed E-state index contributed by atoms with van der Waals surface area (Å²) in [6.45, 7) is 0.300. The zero-order valence-electron chi connectivity index (χ0n) is 9.64. The Morgan fingerprint density at radius 3 is 2.58 bits per heavy atom. The van der Waals surface area contributed by atoms with Gasteiger partial charge in [-0.3, -0.25) is 4.79 Å². The summed E-state index contributed by atoms with van der Waals surface area (Å²) in [5, 5.41) is -0.0962. The smallest absolute Gasteiger partial charge is 0.237 e. The maximum absolute atomic E-state index is 11.8. The standard InChI is InChI=1S/C11H10Cl3NO3S/c12-9-3-1-2-7(11(9)13)5-15-6-8(4-10(15)16)19(14,17)18/h1-3,8H,4-6H2. The Bertz CT molecular complexity index is 618. The third-order valence-electron chi connectivity index (χ3n) is 2.97. The van der Waals surface area contributed by atoms with Crippen molar-refractivity contribution in [3.63, 3.8) is 0 Å². The Labute approximate surface area is 125 Å². The normalized spacial score (nSPS) is 20.1. The molecule has 0 radical (unpaired) electrons. The summed E-state index contributed by atoms with van der Waals surface area (Å²) >= 11 is 11.9. The molecule has 1 aromatic rings. The maximum atomic E-state index is 11.8. The predicted molar refractivity (Wildman–Crippen MR) is 75.1 cm³/mol. The molecule has 1 aliphatic rings. The zero-order chi connectivity index (χ0) is 14.2. The molecule has 19 heavy (non-hydrogen) atoms. The van der Waals surface area contributed by atoms with Gasteiger partial charge in [0.25, 0.3) is 0 Å². The molecule has 1 aromatic carbocycles. The molecule has 0 aromatic heterocycles. The van der Waals surface area contributed by atoms with E-state index in [0.29, 0.717) is 15.6 Å². The van der Waals surface area contributed by atoms with Gasteiger partial charge in [-0.15, -0.1) is 0 Å². The largest absolute Gasteiger partial charge is 0.337 e. The Hall–Kier alpha value is -0.490. The van der Waals surface area contributed by atoms with Gasteiger partial charge < -0.3 is 4.90 Å². The molecule has 0 saturated carbocycles. The van der Waals surface area contributed by atoms with Crippen molar-refractivity contribution in [3.05, 3.63) is 33.8 Å². The number of nitrogens with zero attached hydrogens (tertiary/aromatic N) is 1. The fourth-order valence-electron chi connectivity index (χ4n) is 1.95. The van der Waals surface area contributed by atoms with E-state index >= 15 is 0 Å². The highest BCUT2D eigenvalue weighted by atomic mass is 35.7. The molecular weight excluding hydrogens is 333 g/mol. The fraction of sp³-hybridized carbons (Fsp3) is 0.364. The lowest BCUT2D eigenvalue weighted by Crippen LogP contribution is -2.26. The van der Waals surface area contributed by atoms with Crippen molar-refractivity contribution in [1.82, 2.24) is 4.90 Å². The van der Waals surface area contributed by atoms with E-state index in [1.165, 1.54) is 4.90 Å². The number of halogens is 3. The van der Waals surface area contributed by atoms with Crippen LogP contribution in [0.25, 0.3) is 0 Å². The van der Waals surface area contributed by atoms with Gasteiger partial charge in [0.15, 0.2) is 0 Å². The van der Waals surface area contributed by atoms with Crippen molar-refractivity contribution < 1.29 is 13.2 Å². The van der Waals surface area contributed by atoms with E-state index < -0.39 is 14.3 Å². The molecular formula is C11H10Cl3NO3S. The first-order valence-electron chi connectivity index (χ1n) is 5.43. The molecule has 0 N–H and O–H groups in total. The van der Waals surface area contributed by atoms with E-state index in [4.69, 9.17) is 33.9 Å². The van der Waals surface area contributed by atoms with Crippen LogP contribution in [0.5, 0.6) is 0 Å². The molecule has 0 spiro atoms. The lowest BCUT2D eigenvalue weighted by Gasteiger charge is -2.17. The Morgan fingerprint density at radius 1 is 1.32 bits per heavy atom. The third kappa shape index (κ3) is 3.34. The molecule has 1 heterocycles. The van der Waals surface area contributed by atoms with Crippen LogP contribution in [0.15, 0.2) is 18.2 Å². The molecule has 2 rings (SSSR count). The Balaban J connectivity index is 2.17. The van der Waals surface area contributed by atoms with Crippen molar-refractivity contribution in [2.75, 3.05) is 6.54 Å². The van der Waals surface area contributed by atoms with Crippen LogP contribution in [0, 0.1) is 0 Å². The Kier molecular flexibility index (Phi) is 4.30. The van der Waals surface area contributed by atoms with Crippen molar-refractivity contribution in [2.45, 2.75) is 18.2 Å². The van der Waals surface area contributed by atoms with Crippen LogP contribution in [0.3, 0.4) is 0 Å². The van der Waals surface area contributed by atoms with Crippen molar-refractivity contribution in [3.8, 4) is 0 Å². The van der Waals surface area contributed by atoms with Crippen LogP contribution in [0.1, 0.15) is 12.0 Å². The zero-order valence-corrected chi connectivity index (χ0v) is 12.7. The molecule has 4 nitrogen and oxygen atoms in total. The van der Waals surface area contributed by atoms with Crippen molar-refractivity contribution in [1.29, 1.82) is 0 Å². The molecule has 0 bridgehead atoms. The first-order chi connectivity index (χ1) is 8.79. The van der Waals surface area contributed by atoms with E-state index in [1.54, 1.807) is 18.2 Å². The second-order valence-corrected chi connectivity index (χ2v) is 7.98. The molecule has 104 valence electrons. The minimum Gasteiger partial charge on any atom is -0.337 e. The van der Waals surface area contributed by atoms with Gasteiger partial charge in [-0.05, 0) is 11.6 Å². The number of hydrogen-bond donors (Lipinski definition) is 0. The molecule has 1 fully saturated rings. The highest BCUT2D eigenvalue weighted by Gasteiger charge is 2.37. The van der Waals surface area contributed by atoms with Gasteiger partial charge in [0, 0.05) is 30.2 Å². The number of benzene rings is 1. The van der Waals surface area contributed by atoms with Crippen LogP contribution in [0.2, 0.25) is 10.0 Å². The minimum atomic E-state index is -3.73. The van der Waals surface area contributed by atoms with Gasteiger partial charge in [-0.1, -0.05) is 35.3 Å². The highest BCUT2D eigenvalue weighted by molar-refractivity contribution is 8.14. The topological polar surface area (TPSA) is 54.5 Å². The van der Waals surface area contributed by atoms with E-state index in [-0.39, 0.29) is 25.4 Å². The highest BCUT2D eigenvalue weighted by Crippen LogP contribution is 2.29. The first-order valence-corrected chi connectivity index (χ1v) is 8.56. The van der Waals surface area contributed by atoms with Crippen LogP contribution in [-0.2, 0) is 20.4 Å². The SMILES string of the molecule is O=C1CC(S(=O)(=O)Cl)CN1Cc1cccc(Cl)c1Cl.